The Morgan fingerprint density at radius 3 is 2.38 bits per heavy atom. The standard InChI is InChI=1S/C17H15F3N4O3S2/c1-3-14(25)24(29(26,27)12-7-5-4-6-8-12)23-9-13(17(18,19)20)22-15(23)16-21-11(2)10-28-16/h4-10H,3H2,1-2H3. The van der Waals surface area contributed by atoms with Gasteiger partial charge in [-0.25, -0.2) is 14.6 Å². The van der Waals surface area contributed by atoms with Crippen molar-refractivity contribution >= 4 is 27.3 Å². The predicted molar refractivity (Wildman–Crippen MR) is 100 cm³/mol. The monoisotopic (exact) mass is 444 g/mol. The maximum atomic E-state index is 13.3. The molecule has 0 radical (unpaired) electrons. The molecule has 1 amide bonds. The van der Waals surface area contributed by atoms with Crippen LogP contribution in [0.15, 0.2) is 46.8 Å². The topological polar surface area (TPSA) is 85.2 Å². The normalized spacial score (nSPS) is 12.2. The zero-order valence-corrected chi connectivity index (χ0v) is 16.8. The number of halogens is 3. The zero-order valence-electron chi connectivity index (χ0n) is 15.2. The Labute approximate surface area is 168 Å². The number of carbonyl (C=O) groups is 1. The fourth-order valence-corrected chi connectivity index (χ4v) is 4.68. The lowest BCUT2D eigenvalue weighted by Gasteiger charge is -2.23. The average Bonchev–Trinajstić information content (AvgIpc) is 3.28. The highest BCUT2D eigenvalue weighted by atomic mass is 32.2. The molecule has 0 bridgehead atoms. The third kappa shape index (κ3) is 4.03. The molecule has 3 rings (SSSR count). The second kappa shape index (κ2) is 7.59. The van der Waals surface area contributed by atoms with Crippen molar-refractivity contribution in [1.29, 1.82) is 0 Å². The van der Waals surface area contributed by atoms with Crippen LogP contribution in [0.3, 0.4) is 0 Å². The lowest BCUT2D eigenvalue weighted by atomic mass is 10.4. The van der Waals surface area contributed by atoms with Crippen molar-refractivity contribution in [3.8, 4) is 10.8 Å². The third-order valence-electron chi connectivity index (χ3n) is 3.77. The number of thiazole rings is 1. The lowest BCUT2D eigenvalue weighted by Crippen LogP contribution is -2.45. The predicted octanol–water partition coefficient (Wildman–Crippen LogP) is 3.60. The van der Waals surface area contributed by atoms with Crippen LogP contribution >= 0.6 is 11.3 Å². The molecule has 0 unspecified atom stereocenters. The highest BCUT2D eigenvalue weighted by Crippen LogP contribution is 2.33. The molecule has 12 heteroatoms. The van der Waals surface area contributed by atoms with Crippen molar-refractivity contribution in [2.45, 2.75) is 31.3 Å². The first-order chi connectivity index (χ1) is 13.6. The summed E-state index contributed by atoms with van der Waals surface area (Å²) in [5.74, 6) is -1.31. The smallest absolute Gasteiger partial charge is 0.272 e. The number of aromatic nitrogens is 3. The fourth-order valence-electron chi connectivity index (χ4n) is 2.45. The van der Waals surface area contributed by atoms with Crippen molar-refractivity contribution in [2.24, 2.45) is 0 Å². The number of nitrogens with zero attached hydrogens (tertiary/aromatic N) is 4. The Balaban J connectivity index is 2.28. The summed E-state index contributed by atoms with van der Waals surface area (Å²) in [5.41, 5.74) is -0.815. The Bertz CT molecular complexity index is 1140. The molecular weight excluding hydrogens is 429 g/mol. The van der Waals surface area contributed by atoms with Gasteiger partial charge in [0.25, 0.3) is 15.9 Å². The Morgan fingerprint density at radius 1 is 1.21 bits per heavy atom. The van der Waals surface area contributed by atoms with Gasteiger partial charge in [-0.15, -0.1) is 15.8 Å². The molecule has 1 aromatic carbocycles. The van der Waals surface area contributed by atoms with Gasteiger partial charge in [0.2, 0.25) is 0 Å². The van der Waals surface area contributed by atoms with E-state index in [0.717, 1.165) is 11.3 Å². The minimum Gasteiger partial charge on any atom is -0.272 e. The van der Waals surface area contributed by atoms with Crippen molar-refractivity contribution in [3.05, 3.63) is 53.3 Å². The second-order valence-corrected chi connectivity index (χ2v) is 8.52. The van der Waals surface area contributed by atoms with Crippen LogP contribution in [0.25, 0.3) is 10.8 Å². The maximum Gasteiger partial charge on any atom is 0.434 e. The number of aryl methyl sites for hydroxylation is 1. The van der Waals surface area contributed by atoms with E-state index in [4.69, 9.17) is 0 Å². The van der Waals surface area contributed by atoms with Gasteiger partial charge >= 0.3 is 6.18 Å². The lowest BCUT2D eigenvalue weighted by molar-refractivity contribution is -0.141. The summed E-state index contributed by atoms with van der Waals surface area (Å²) in [4.78, 5) is 20.0. The highest BCUT2D eigenvalue weighted by molar-refractivity contribution is 7.93. The zero-order chi connectivity index (χ0) is 21.4. The molecule has 154 valence electrons. The first-order valence-electron chi connectivity index (χ1n) is 8.28. The molecule has 0 aliphatic rings. The van der Waals surface area contributed by atoms with Gasteiger partial charge in [-0.05, 0) is 19.1 Å². The minimum atomic E-state index is -4.84. The molecule has 0 fully saturated rings. The number of imidazole rings is 1. The van der Waals surface area contributed by atoms with Gasteiger partial charge in [0.05, 0.1) is 11.1 Å². The van der Waals surface area contributed by atoms with E-state index in [-0.39, 0.29) is 16.3 Å². The number of alkyl halides is 3. The Morgan fingerprint density at radius 2 is 1.86 bits per heavy atom. The average molecular weight is 444 g/mol. The number of rotatable bonds is 5. The van der Waals surface area contributed by atoms with Crippen molar-refractivity contribution in [1.82, 2.24) is 14.6 Å². The van der Waals surface area contributed by atoms with Gasteiger partial charge in [0.15, 0.2) is 16.5 Å². The molecule has 0 aliphatic heterocycles. The molecule has 0 N–H and O–H groups in total. The van der Waals surface area contributed by atoms with Crippen LogP contribution in [-0.2, 0) is 21.0 Å². The fraction of sp³-hybridized carbons (Fsp3) is 0.235. The molecule has 0 saturated heterocycles. The Kier molecular flexibility index (Phi) is 5.50. The van der Waals surface area contributed by atoms with E-state index in [1.807, 2.05) is 0 Å². The highest BCUT2D eigenvalue weighted by Gasteiger charge is 2.39. The molecule has 7 nitrogen and oxygen atoms in total. The summed E-state index contributed by atoms with van der Waals surface area (Å²) in [5, 5.41) is 1.63. The SMILES string of the molecule is CCC(=O)N(n1cc(C(F)(F)F)nc1-c1nc(C)cs1)S(=O)(=O)c1ccccc1. The molecule has 2 heterocycles. The van der Waals surface area contributed by atoms with Crippen molar-refractivity contribution in [2.75, 3.05) is 4.41 Å². The molecule has 0 saturated carbocycles. The van der Waals surface area contributed by atoms with Gasteiger partial charge in [-0.2, -0.15) is 21.6 Å². The van der Waals surface area contributed by atoms with Crippen molar-refractivity contribution in [3.63, 3.8) is 0 Å². The van der Waals surface area contributed by atoms with E-state index in [2.05, 4.69) is 9.97 Å². The number of hydrogen-bond acceptors (Lipinski definition) is 6. The number of amides is 1. The third-order valence-corrected chi connectivity index (χ3v) is 6.43. The summed E-state index contributed by atoms with van der Waals surface area (Å²) in [6.45, 7) is 3.04. The van der Waals surface area contributed by atoms with Gasteiger partial charge in [0, 0.05) is 17.5 Å². The molecule has 0 atom stereocenters. The van der Waals surface area contributed by atoms with Crippen LogP contribution in [0.1, 0.15) is 24.7 Å². The molecule has 29 heavy (non-hydrogen) atoms. The number of hydrogen-bond donors (Lipinski definition) is 0. The number of benzene rings is 1. The van der Waals surface area contributed by atoms with Gasteiger partial charge in [0.1, 0.15) is 0 Å². The molecule has 0 spiro atoms. The van der Waals surface area contributed by atoms with Crippen molar-refractivity contribution < 1.29 is 26.4 Å². The van der Waals surface area contributed by atoms with Crippen LogP contribution in [0.2, 0.25) is 0 Å². The molecular formula is C17H15F3N4O3S2. The molecule has 2 aromatic heterocycles. The van der Waals surface area contributed by atoms with E-state index in [0.29, 0.717) is 21.0 Å². The Hall–Kier alpha value is -2.73. The van der Waals surface area contributed by atoms with E-state index in [1.165, 1.54) is 31.2 Å². The summed E-state index contributed by atoms with van der Waals surface area (Å²) in [6, 6.07) is 6.97. The maximum absolute atomic E-state index is 13.3. The second-order valence-electron chi connectivity index (χ2n) is 5.89. The van der Waals surface area contributed by atoms with Crippen LogP contribution in [0, 0.1) is 6.92 Å². The minimum absolute atomic E-state index is 0.0511. The van der Waals surface area contributed by atoms with E-state index < -0.39 is 33.6 Å². The number of carbonyl (C=O) groups excluding carboxylic acids is 1. The van der Waals surface area contributed by atoms with E-state index in [9.17, 15) is 26.4 Å². The summed E-state index contributed by atoms with van der Waals surface area (Å²) >= 11 is 0.989. The van der Waals surface area contributed by atoms with Gasteiger partial charge < -0.3 is 0 Å². The molecule has 3 aromatic rings. The van der Waals surface area contributed by atoms with Crippen LogP contribution < -0.4 is 4.41 Å². The van der Waals surface area contributed by atoms with Gasteiger partial charge in [-0.3, -0.25) is 4.79 Å². The summed E-state index contributed by atoms with van der Waals surface area (Å²) < 4.78 is 67.2. The first kappa shape index (κ1) is 21.0. The van der Waals surface area contributed by atoms with Crippen LogP contribution in [0.4, 0.5) is 13.2 Å². The largest absolute Gasteiger partial charge is 0.434 e. The first-order valence-corrected chi connectivity index (χ1v) is 10.6. The van der Waals surface area contributed by atoms with Crippen LogP contribution in [0.5, 0.6) is 0 Å². The van der Waals surface area contributed by atoms with E-state index in [1.54, 1.807) is 18.4 Å². The summed E-state index contributed by atoms with van der Waals surface area (Å²) in [6.07, 6.45) is -4.62. The molecule has 0 aliphatic carbocycles. The quantitative estimate of drug-likeness (QED) is 0.600. The van der Waals surface area contributed by atoms with Gasteiger partial charge in [-0.1, -0.05) is 25.1 Å². The van der Waals surface area contributed by atoms with Crippen LogP contribution in [-0.4, -0.2) is 29.0 Å². The van der Waals surface area contributed by atoms with E-state index >= 15 is 0 Å². The number of sulfonamides is 1. The summed E-state index contributed by atoms with van der Waals surface area (Å²) in [7, 11) is -4.51.